The number of β-amino-alcohol motifs (C(OH)–C–C–N with tert-alkyl or cyclic N) is 1. The number of pyridine rings is 1. The summed E-state index contributed by atoms with van der Waals surface area (Å²) in [5, 5.41) is 28.6. The standard InChI is InChI=1S/C19H17ClF3N3O5S/c20-16-5-12(19(21,22)23)1-4-17(16)32(29,30)26-8-13(18(28,10-26)11-27)9-31-15-3-2-14(6-24)25-7-15/h1-5,7,13,27-28H,8-11H2/t13-,18-/m1/s1. The van der Waals surface area contributed by atoms with E-state index in [0.29, 0.717) is 12.1 Å². The number of sulfonamides is 1. The Morgan fingerprint density at radius 1 is 1.34 bits per heavy atom. The lowest BCUT2D eigenvalue weighted by atomic mass is 9.92. The molecule has 1 saturated heterocycles. The summed E-state index contributed by atoms with van der Waals surface area (Å²) in [5.41, 5.74) is -2.79. The van der Waals surface area contributed by atoms with E-state index in [1.165, 1.54) is 18.3 Å². The molecule has 0 aliphatic carbocycles. The van der Waals surface area contributed by atoms with Crippen LogP contribution in [-0.2, 0) is 16.2 Å². The Morgan fingerprint density at radius 3 is 2.59 bits per heavy atom. The minimum Gasteiger partial charge on any atom is -0.492 e. The zero-order valence-corrected chi connectivity index (χ0v) is 17.8. The maximum Gasteiger partial charge on any atom is 0.416 e. The van der Waals surface area contributed by atoms with E-state index in [2.05, 4.69) is 4.98 Å². The van der Waals surface area contributed by atoms with Gasteiger partial charge in [0, 0.05) is 19.0 Å². The van der Waals surface area contributed by atoms with Gasteiger partial charge in [0.25, 0.3) is 0 Å². The molecule has 2 atom stereocenters. The number of alkyl halides is 3. The molecule has 0 spiro atoms. The lowest BCUT2D eigenvalue weighted by molar-refractivity contribution is -0.137. The van der Waals surface area contributed by atoms with Crippen LogP contribution in [-0.4, -0.2) is 59.8 Å². The van der Waals surface area contributed by atoms with Crippen molar-refractivity contribution >= 4 is 21.6 Å². The van der Waals surface area contributed by atoms with Gasteiger partial charge in [-0.3, -0.25) is 0 Å². The van der Waals surface area contributed by atoms with Gasteiger partial charge in [0.2, 0.25) is 10.0 Å². The Kier molecular flexibility index (Phi) is 6.69. The monoisotopic (exact) mass is 491 g/mol. The van der Waals surface area contributed by atoms with E-state index in [-0.39, 0.29) is 24.6 Å². The van der Waals surface area contributed by atoms with Gasteiger partial charge < -0.3 is 14.9 Å². The molecule has 1 aliphatic heterocycles. The van der Waals surface area contributed by atoms with Crippen molar-refractivity contribution in [3.8, 4) is 11.8 Å². The van der Waals surface area contributed by atoms with Crippen LogP contribution in [0.25, 0.3) is 0 Å². The predicted octanol–water partition coefficient (Wildman–Crippen LogP) is 2.05. The van der Waals surface area contributed by atoms with Gasteiger partial charge in [0.15, 0.2) is 0 Å². The number of nitriles is 1. The smallest absolute Gasteiger partial charge is 0.416 e. The number of hydrogen-bond donors (Lipinski definition) is 2. The molecule has 0 saturated carbocycles. The van der Waals surface area contributed by atoms with Gasteiger partial charge in [0.1, 0.15) is 28.0 Å². The maximum absolute atomic E-state index is 13.0. The predicted molar refractivity (Wildman–Crippen MR) is 105 cm³/mol. The SMILES string of the molecule is N#Cc1ccc(OC[C@H]2CN(S(=O)(=O)c3ccc(C(F)(F)F)cc3Cl)C[C@@]2(O)CO)cn1. The summed E-state index contributed by atoms with van der Waals surface area (Å²) in [6.45, 7) is -1.76. The van der Waals surface area contributed by atoms with Crippen LogP contribution in [0, 0.1) is 17.2 Å². The van der Waals surface area contributed by atoms with Crippen molar-refractivity contribution in [2.24, 2.45) is 5.92 Å². The third-order valence-electron chi connectivity index (χ3n) is 5.09. The van der Waals surface area contributed by atoms with Gasteiger partial charge in [-0.1, -0.05) is 11.6 Å². The van der Waals surface area contributed by atoms with Gasteiger partial charge in [0.05, 0.1) is 30.0 Å². The number of hydrogen-bond acceptors (Lipinski definition) is 7. The minimum atomic E-state index is -4.69. The molecule has 2 aromatic rings. The first-order valence-corrected chi connectivity index (χ1v) is 10.9. The highest BCUT2D eigenvalue weighted by Gasteiger charge is 2.49. The Morgan fingerprint density at radius 2 is 2.06 bits per heavy atom. The molecule has 172 valence electrons. The molecule has 13 heteroatoms. The van der Waals surface area contributed by atoms with E-state index >= 15 is 0 Å². The highest BCUT2D eigenvalue weighted by Crippen LogP contribution is 2.37. The van der Waals surface area contributed by atoms with Crippen LogP contribution in [0.1, 0.15) is 11.3 Å². The van der Waals surface area contributed by atoms with E-state index in [9.17, 15) is 31.8 Å². The topological polar surface area (TPSA) is 124 Å². The van der Waals surface area contributed by atoms with Crippen molar-refractivity contribution in [2.75, 3.05) is 26.3 Å². The highest BCUT2D eigenvalue weighted by atomic mass is 35.5. The Bertz CT molecular complexity index is 1140. The Labute approximate surface area is 186 Å². The number of aliphatic hydroxyl groups excluding tert-OH is 1. The van der Waals surface area contributed by atoms with E-state index in [1.807, 2.05) is 6.07 Å². The first kappa shape index (κ1) is 24.2. The van der Waals surface area contributed by atoms with Gasteiger partial charge in [-0.2, -0.15) is 22.7 Å². The van der Waals surface area contributed by atoms with Crippen LogP contribution in [0.3, 0.4) is 0 Å². The number of rotatable bonds is 6. The van der Waals surface area contributed by atoms with Crippen LogP contribution in [0.5, 0.6) is 5.75 Å². The second kappa shape index (κ2) is 8.84. The number of ether oxygens (including phenoxy) is 1. The van der Waals surface area contributed by atoms with Crippen molar-refractivity contribution < 1.29 is 36.5 Å². The molecule has 2 heterocycles. The summed E-state index contributed by atoms with van der Waals surface area (Å²) >= 11 is 5.83. The quantitative estimate of drug-likeness (QED) is 0.633. The number of nitrogens with zero attached hydrogens (tertiary/aromatic N) is 3. The fourth-order valence-corrected chi connectivity index (χ4v) is 5.31. The fourth-order valence-electron chi connectivity index (χ4n) is 3.24. The second-order valence-corrected chi connectivity index (χ2v) is 9.51. The third-order valence-corrected chi connectivity index (χ3v) is 7.38. The molecular weight excluding hydrogens is 475 g/mol. The van der Waals surface area contributed by atoms with Crippen LogP contribution in [0.4, 0.5) is 13.2 Å². The first-order chi connectivity index (χ1) is 14.9. The summed E-state index contributed by atoms with van der Waals surface area (Å²) in [4.78, 5) is 3.28. The van der Waals surface area contributed by atoms with E-state index < -0.39 is 56.4 Å². The molecule has 0 bridgehead atoms. The molecule has 1 fully saturated rings. The molecule has 2 N–H and O–H groups in total. The van der Waals surface area contributed by atoms with Crippen LogP contribution < -0.4 is 4.74 Å². The van der Waals surface area contributed by atoms with Gasteiger partial charge in [-0.15, -0.1) is 0 Å². The Hall–Kier alpha value is -2.43. The third kappa shape index (κ3) is 4.82. The van der Waals surface area contributed by atoms with E-state index in [1.54, 1.807) is 0 Å². The number of benzene rings is 1. The van der Waals surface area contributed by atoms with Crippen LogP contribution in [0.2, 0.25) is 5.02 Å². The first-order valence-electron chi connectivity index (χ1n) is 9.10. The second-order valence-electron chi connectivity index (χ2n) is 7.20. The zero-order valence-electron chi connectivity index (χ0n) is 16.3. The number of aromatic nitrogens is 1. The number of aliphatic hydroxyl groups is 2. The average Bonchev–Trinajstić information content (AvgIpc) is 3.09. The molecule has 1 aliphatic rings. The molecule has 32 heavy (non-hydrogen) atoms. The molecular formula is C19H17ClF3N3O5S. The van der Waals surface area contributed by atoms with Crippen molar-refractivity contribution in [3.05, 3.63) is 52.8 Å². The van der Waals surface area contributed by atoms with Gasteiger partial charge in [-0.05, 0) is 30.3 Å². The zero-order chi connectivity index (χ0) is 23.7. The molecule has 1 aromatic heterocycles. The summed E-state index contributed by atoms with van der Waals surface area (Å²) < 4.78 is 70.9. The summed E-state index contributed by atoms with van der Waals surface area (Å²) in [6, 6.07) is 6.59. The summed E-state index contributed by atoms with van der Waals surface area (Å²) in [7, 11) is -4.38. The normalized spacial score (nSPS) is 22.0. The summed E-state index contributed by atoms with van der Waals surface area (Å²) in [5.74, 6) is -0.609. The van der Waals surface area contributed by atoms with Crippen LogP contribution in [0.15, 0.2) is 41.4 Å². The lowest BCUT2D eigenvalue weighted by Gasteiger charge is -2.26. The average molecular weight is 492 g/mol. The maximum atomic E-state index is 13.0. The van der Waals surface area contributed by atoms with Crippen LogP contribution >= 0.6 is 11.6 Å². The van der Waals surface area contributed by atoms with Crippen molar-refractivity contribution in [1.29, 1.82) is 5.26 Å². The molecule has 0 unspecified atom stereocenters. The molecule has 3 rings (SSSR count). The van der Waals surface area contributed by atoms with Crippen molar-refractivity contribution in [2.45, 2.75) is 16.7 Å². The molecule has 1 aromatic carbocycles. The fraction of sp³-hybridized carbons (Fsp3) is 0.368. The van der Waals surface area contributed by atoms with E-state index in [4.69, 9.17) is 21.6 Å². The molecule has 8 nitrogen and oxygen atoms in total. The van der Waals surface area contributed by atoms with Crippen molar-refractivity contribution in [3.63, 3.8) is 0 Å². The highest BCUT2D eigenvalue weighted by molar-refractivity contribution is 7.89. The molecule has 0 amide bonds. The summed E-state index contributed by atoms with van der Waals surface area (Å²) in [6.07, 6.45) is -3.42. The van der Waals surface area contributed by atoms with Crippen molar-refractivity contribution in [1.82, 2.24) is 9.29 Å². The lowest BCUT2D eigenvalue weighted by Crippen LogP contribution is -2.44. The molecule has 0 radical (unpaired) electrons. The Balaban J connectivity index is 1.80. The minimum absolute atomic E-state index is 0.163. The van der Waals surface area contributed by atoms with Gasteiger partial charge >= 0.3 is 6.18 Å². The largest absolute Gasteiger partial charge is 0.492 e. The van der Waals surface area contributed by atoms with Gasteiger partial charge in [-0.25, -0.2) is 13.4 Å². The number of halogens is 4. The van der Waals surface area contributed by atoms with E-state index in [0.717, 1.165) is 10.4 Å².